The van der Waals surface area contributed by atoms with Crippen LogP contribution < -0.4 is 10.1 Å². The number of ether oxygens (including phenoxy) is 1. The summed E-state index contributed by atoms with van der Waals surface area (Å²) in [5.41, 5.74) is 4.96. The van der Waals surface area contributed by atoms with Crippen molar-refractivity contribution in [2.75, 3.05) is 12.3 Å². The maximum absolute atomic E-state index is 12.2. The Hall–Kier alpha value is -3.51. The Bertz CT molecular complexity index is 1160. The van der Waals surface area contributed by atoms with E-state index in [2.05, 4.69) is 17.4 Å². The average molecular weight is 460 g/mol. The lowest BCUT2D eigenvalue weighted by Crippen LogP contribution is -2.23. The normalized spacial score (nSPS) is 14.6. The molecule has 1 amide bonds. The lowest BCUT2D eigenvalue weighted by atomic mass is 9.98. The fraction of sp³-hybridized carbons (Fsp3) is 0.185. The van der Waals surface area contributed by atoms with Crippen molar-refractivity contribution in [1.29, 1.82) is 0 Å². The topological polar surface area (TPSA) is 75.6 Å². The predicted octanol–water partition coefficient (Wildman–Crippen LogP) is 4.86. The monoisotopic (exact) mass is 459 g/mol. The van der Waals surface area contributed by atoms with Crippen LogP contribution in [0.4, 0.5) is 0 Å². The molecule has 1 aliphatic heterocycles. The standard InChI is InChI=1S/C27H25NO4S/c29-25(13-11-19-6-2-1-3-7-19)28-14-15-33-27-22-9-5-4-8-21(22)18-32-24-12-10-20(16-23(24)27)17-26(30)31/h1-13,16,27H,14-15,17-18H2,(H,28,29)(H,30,31). The number of amides is 1. The highest BCUT2D eigenvalue weighted by Gasteiger charge is 2.25. The van der Waals surface area contributed by atoms with Gasteiger partial charge in [0.25, 0.3) is 0 Å². The molecule has 3 aromatic carbocycles. The average Bonchev–Trinajstić information content (AvgIpc) is 2.97. The first-order chi connectivity index (χ1) is 16.1. The second-order valence-corrected chi connectivity index (χ2v) is 8.93. The molecule has 0 bridgehead atoms. The van der Waals surface area contributed by atoms with Gasteiger partial charge in [-0.1, -0.05) is 66.7 Å². The van der Waals surface area contributed by atoms with Gasteiger partial charge in [-0.25, -0.2) is 0 Å². The van der Waals surface area contributed by atoms with Gasteiger partial charge in [-0.15, -0.1) is 11.8 Å². The van der Waals surface area contributed by atoms with E-state index in [9.17, 15) is 14.7 Å². The Balaban J connectivity index is 1.45. The van der Waals surface area contributed by atoms with Crippen LogP contribution in [0.5, 0.6) is 5.75 Å². The molecule has 6 heteroatoms. The number of carbonyl (C=O) groups excluding carboxylic acids is 1. The number of hydrogen-bond acceptors (Lipinski definition) is 4. The number of nitrogens with one attached hydrogen (secondary N) is 1. The van der Waals surface area contributed by atoms with E-state index in [1.807, 2.05) is 60.7 Å². The van der Waals surface area contributed by atoms with Crippen LogP contribution in [-0.2, 0) is 22.6 Å². The third-order valence-electron chi connectivity index (χ3n) is 5.35. The molecular weight excluding hydrogens is 434 g/mol. The molecule has 1 aliphatic rings. The summed E-state index contributed by atoms with van der Waals surface area (Å²) in [6.45, 7) is 0.992. The zero-order chi connectivity index (χ0) is 23.0. The molecular formula is C27H25NO4S. The van der Waals surface area contributed by atoms with Crippen molar-refractivity contribution in [1.82, 2.24) is 5.32 Å². The van der Waals surface area contributed by atoms with Gasteiger partial charge < -0.3 is 15.2 Å². The second-order valence-electron chi connectivity index (χ2n) is 7.72. The van der Waals surface area contributed by atoms with Crippen LogP contribution in [0, 0.1) is 0 Å². The van der Waals surface area contributed by atoms with Crippen LogP contribution in [0.25, 0.3) is 6.08 Å². The van der Waals surface area contributed by atoms with Crippen molar-refractivity contribution in [2.45, 2.75) is 18.3 Å². The molecule has 5 nitrogen and oxygen atoms in total. The van der Waals surface area contributed by atoms with E-state index in [-0.39, 0.29) is 17.6 Å². The quantitative estimate of drug-likeness (QED) is 0.372. The molecule has 4 rings (SSSR count). The van der Waals surface area contributed by atoms with Crippen LogP contribution in [0.1, 0.15) is 33.1 Å². The molecule has 0 saturated heterocycles. The molecule has 1 atom stereocenters. The second kappa shape index (κ2) is 10.9. The Morgan fingerprint density at radius 1 is 1.03 bits per heavy atom. The van der Waals surface area contributed by atoms with Crippen LogP contribution in [0.15, 0.2) is 78.9 Å². The Morgan fingerprint density at radius 2 is 1.82 bits per heavy atom. The first kappa shape index (κ1) is 22.7. The van der Waals surface area contributed by atoms with Crippen LogP contribution in [0.2, 0.25) is 0 Å². The summed E-state index contributed by atoms with van der Waals surface area (Å²) in [4.78, 5) is 23.4. The highest BCUT2D eigenvalue weighted by atomic mass is 32.2. The summed E-state index contributed by atoms with van der Waals surface area (Å²) < 4.78 is 6.04. The van der Waals surface area contributed by atoms with Crippen LogP contribution in [-0.4, -0.2) is 29.3 Å². The number of rotatable bonds is 8. The summed E-state index contributed by atoms with van der Waals surface area (Å²) in [6, 6.07) is 23.5. The molecule has 0 saturated carbocycles. The Labute approximate surface area is 197 Å². The largest absolute Gasteiger partial charge is 0.489 e. The van der Waals surface area contributed by atoms with E-state index in [1.165, 1.54) is 0 Å². The summed E-state index contributed by atoms with van der Waals surface area (Å²) in [5, 5.41) is 12.1. The van der Waals surface area contributed by atoms with Gasteiger partial charge >= 0.3 is 5.97 Å². The number of thioether (sulfide) groups is 1. The number of hydrogen-bond donors (Lipinski definition) is 2. The molecule has 2 N–H and O–H groups in total. The van der Waals surface area contributed by atoms with Crippen molar-refractivity contribution in [3.8, 4) is 5.75 Å². The van der Waals surface area contributed by atoms with E-state index in [4.69, 9.17) is 4.74 Å². The number of carbonyl (C=O) groups is 2. The van der Waals surface area contributed by atoms with Gasteiger partial charge in [-0.05, 0) is 34.4 Å². The minimum Gasteiger partial charge on any atom is -0.489 e. The lowest BCUT2D eigenvalue weighted by Gasteiger charge is -2.19. The van der Waals surface area contributed by atoms with Gasteiger partial charge in [0.2, 0.25) is 5.91 Å². The number of carboxylic acid groups (broad SMARTS) is 1. The van der Waals surface area contributed by atoms with Gasteiger partial charge in [0.15, 0.2) is 0 Å². The van der Waals surface area contributed by atoms with Gasteiger partial charge in [-0.3, -0.25) is 9.59 Å². The minimum atomic E-state index is -0.861. The van der Waals surface area contributed by atoms with Gasteiger partial charge in [0.05, 0.1) is 11.7 Å². The molecule has 168 valence electrons. The maximum Gasteiger partial charge on any atom is 0.307 e. The smallest absolute Gasteiger partial charge is 0.307 e. The molecule has 0 aromatic heterocycles. The zero-order valence-corrected chi connectivity index (χ0v) is 18.9. The summed E-state index contributed by atoms with van der Waals surface area (Å²) in [7, 11) is 0. The fourth-order valence-electron chi connectivity index (χ4n) is 3.79. The molecule has 1 heterocycles. The highest BCUT2D eigenvalue weighted by molar-refractivity contribution is 7.99. The SMILES string of the molecule is O=C(O)Cc1ccc2c(c1)C(SCCNC(=O)C=Cc1ccccc1)c1ccccc1CO2. The molecule has 0 spiro atoms. The Kier molecular flexibility index (Phi) is 7.47. The van der Waals surface area contributed by atoms with Crippen molar-refractivity contribution < 1.29 is 19.4 Å². The molecule has 0 radical (unpaired) electrons. The number of fused-ring (bicyclic) bond motifs is 2. The van der Waals surface area contributed by atoms with Crippen molar-refractivity contribution in [3.05, 3.63) is 107 Å². The fourth-order valence-corrected chi connectivity index (χ4v) is 5.02. The summed E-state index contributed by atoms with van der Waals surface area (Å²) >= 11 is 1.71. The highest BCUT2D eigenvalue weighted by Crippen LogP contribution is 2.44. The van der Waals surface area contributed by atoms with Gasteiger partial charge in [0.1, 0.15) is 12.4 Å². The molecule has 0 aliphatic carbocycles. The molecule has 3 aromatic rings. The lowest BCUT2D eigenvalue weighted by molar-refractivity contribution is -0.136. The molecule has 0 fully saturated rings. The van der Waals surface area contributed by atoms with E-state index in [0.29, 0.717) is 18.9 Å². The third-order valence-corrected chi connectivity index (χ3v) is 6.63. The summed E-state index contributed by atoms with van der Waals surface area (Å²) in [6.07, 6.45) is 3.31. The van der Waals surface area contributed by atoms with Crippen LogP contribution >= 0.6 is 11.8 Å². The molecule has 33 heavy (non-hydrogen) atoms. The first-order valence-corrected chi connectivity index (χ1v) is 11.8. The van der Waals surface area contributed by atoms with Crippen molar-refractivity contribution in [2.24, 2.45) is 0 Å². The maximum atomic E-state index is 12.2. The zero-order valence-electron chi connectivity index (χ0n) is 18.1. The van der Waals surface area contributed by atoms with E-state index >= 15 is 0 Å². The minimum absolute atomic E-state index is 0.00999. The van der Waals surface area contributed by atoms with Gasteiger partial charge in [0, 0.05) is 23.9 Å². The van der Waals surface area contributed by atoms with Crippen molar-refractivity contribution in [3.63, 3.8) is 0 Å². The van der Waals surface area contributed by atoms with Gasteiger partial charge in [-0.2, -0.15) is 0 Å². The van der Waals surface area contributed by atoms with Crippen LogP contribution in [0.3, 0.4) is 0 Å². The Morgan fingerprint density at radius 3 is 2.64 bits per heavy atom. The first-order valence-electron chi connectivity index (χ1n) is 10.8. The number of aliphatic carboxylic acids is 1. The summed E-state index contributed by atoms with van der Waals surface area (Å²) in [5.74, 6) is 0.480. The van der Waals surface area contributed by atoms with E-state index in [1.54, 1.807) is 23.9 Å². The van der Waals surface area contributed by atoms with Crippen molar-refractivity contribution >= 4 is 29.7 Å². The predicted molar refractivity (Wildman–Crippen MR) is 131 cm³/mol. The van der Waals surface area contributed by atoms with E-state index < -0.39 is 5.97 Å². The third kappa shape index (κ3) is 6.05. The number of carboxylic acids is 1. The number of benzene rings is 3. The van der Waals surface area contributed by atoms with E-state index in [0.717, 1.165) is 33.6 Å². The molecule has 1 unspecified atom stereocenters.